The SMILES string of the molecule is O=C(NCc1nc(C2CCN(C(=O)C3CC(F)C3)CC2)n2ccccc12)c1ccccc1. The van der Waals surface area contributed by atoms with Gasteiger partial charge in [0.2, 0.25) is 5.91 Å². The molecule has 2 aromatic heterocycles. The first-order valence-corrected chi connectivity index (χ1v) is 11.3. The van der Waals surface area contributed by atoms with Crippen molar-refractivity contribution in [2.24, 2.45) is 5.92 Å². The highest BCUT2D eigenvalue weighted by molar-refractivity contribution is 5.94. The number of benzene rings is 1. The zero-order valence-electron chi connectivity index (χ0n) is 17.9. The van der Waals surface area contributed by atoms with E-state index in [2.05, 4.69) is 9.72 Å². The Morgan fingerprint density at radius 2 is 1.75 bits per heavy atom. The van der Waals surface area contributed by atoms with Crippen LogP contribution < -0.4 is 5.32 Å². The summed E-state index contributed by atoms with van der Waals surface area (Å²) in [5, 5.41) is 2.98. The lowest BCUT2D eigenvalue weighted by atomic mass is 9.82. The Balaban J connectivity index is 1.28. The van der Waals surface area contributed by atoms with E-state index in [4.69, 9.17) is 4.98 Å². The average Bonchev–Trinajstić information content (AvgIpc) is 3.19. The molecule has 0 unspecified atom stereocenters. The molecule has 2 amide bonds. The van der Waals surface area contributed by atoms with E-state index in [1.54, 1.807) is 12.1 Å². The third-order valence-electron chi connectivity index (χ3n) is 6.71. The van der Waals surface area contributed by atoms with Crippen LogP contribution in [-0.2, 0) is 11.3 Å². The van der Waals surface area contributed by atoms with Crippen LogP contribution >= 0.6 is 0 Å². The summed E-state index contributed by atoms with van der Waals surface area (Å²) in [4.78, 5) is 31.8. The summed E-state index contributed by atoms with van der Waals surface area (Å²) in [6.07, 6.45) is 3.62. The van der Waals surface area contributed by atoms with Crippen LogP contribution in [0.1, 0.15) is 53.5 Å². The number of alkyl halides is 1. The summed E-state index contributed by atoms with van der Waals surface area (Å²) in [5.41, 5.74) is 2.45. The van der Waals surface area contributed by atoms with E-state index in [9.17, 15) is 14.0 Å². The van der Waals surface area contributed by atoms with E-state index in [-0.39, 0.29) is 23.7 Å². The van der Waals surface area contributed by atoms with Gasteiger partial charge in [-0.3, -0.25) is 9.59 Å². The van der Waals surface area contributed by atoms with E-state index < -0.39 is 6.17 Å². The van der Waals surface area contributed by atoms with Crippen LogP contribution in [0.4, 0.5) is 4.39 Å². The number of fused-ring (bicyclic) bond motifs is 1. The second kappa shape index (κ2) is 8.73. The summed E-state index contributed by atoms with van der Waals surface area (Å²) >= 11 is 0. The standard InChI is InChI=1S/C25H27FN4O2/c26-20-14-19(15-20)25(32)29-12-9-17(10-13-29)23-28-21(22-8-4-5-11-30(22)23)16-27-24(31)18-6-2-1-3-7-18/h1-8,11,17,19-20H,9-10,12-16H2,(H,27,31). The highest BCUT2D eigenvalue weighted by Gasteiger charge is 2.38. The molecule has 2 fully saturated rings. The van der Waals surface area contributed by atoms with Crippen molar-refractivity contribution in [3.63, 3.8) is 0 Å². The van der Waals surface area contributed by atoms with Crippen molar-refractivity contribution < 1.29 is 14.0 Å². The van der Waals surface area contributed by atoms with Crippen molar-refractivity contribution >= 4 is 17.3 Å². The van der Waals surface area contributed by atoms with Gasteiger partial charge in [0.15, 0.2) is 0 Å². The number of rotatable bonds is 5. The Labute approximate surface area is 186 Å². The van der Waals surface area contributed by atoms with Crippen molar-refractivity contribution in [3.05, 3.63) is 71.8 Å². The largest absolute Gasteiger partial charge is 0.346 e. The number of nitrogens with one attached hydrogen (secondary N) is 1. The number of pyridine rings is 1. The molecule has 1 aliphatic carbocycles. The van der Waals surface area contributed by atoms with Gasteiger partial charge in [-0.2, -0.15) is 0 Å². The van der Waals surface area contributed by atoms with Gasteiger partial charge in [0.05, 0.1) is 17.8 Å². The van der Waals surface area contributed by atoms with Gasteiger partial charge in [0.25, 0.3) is 5.91 Å². The molecule has 1 saturated carbocycles. The second-order valence-electron chi connectivity index (χ2n) is 8.79. The van der Waals surface area contributed by atoms with Crippen LogP contribution in [-0.4, -0.2) is 45.4 Å². The van der Waals surface area contributed by atoms with Gasteiger partial charge in [0.1, 0.15) is 12.0 Å². The molecule has 5 rings (SSSR count). The molecule has 166 valence electrons. The zero-order valence-corrected chi connectivity index (χ0v) is 17.9. The molecule has 6 nitrogen and oxygen atoms in total. The molecular formula is C25H27FN4O2. The minimum Gasteiger partial charge on any atom is -0.346 e. The van der Waals surface area contributed by atoms with Gasteiger partial charge >= 0.3 is 0 Å². The summed E-state index contributed by atoms with van der Waals surface area (Å²) < 4.78 is 15.2. The summed E-state index contributed by atoms with van der Waals surface area (Å²) in [6, 6.07) is 15.1. The number of hydrogen-bond donors (Lipinski definition) is 1. The van der Waals surface area contributed by atoms with E-state index >= 15 is 0 Å². The fourth-order valence-corrected chi connectivity index (χ4v) is 4.77. The number of imidazole rings is 1. The first kappa shape index (κ1) is 20.7. The van der Waals surface area contributed by atoms with Crippen LogP contribution in [0.25, 0.3) is 5.52 Å². The Morgan fingerprint density at radius 1 is 1.03 bits per heavy atom. The molecule has 2 aliphatic rings. The van der Waals surface area contributed by atoms with Gasteiger partial charge in [-0.15, -0.1) is 0 Å². The molecule has 0 radical (unpaired) electrons. The Kier molecular flexibility index (Phi) is 5.64. The van der Waals surface area contributed by atoms with E-state index in [1.165, 1.54) is 0 Å². The smallest absolute Gasteiger partial charge is 0.251 e. The van der Waals surface area contributed by atoms with Gasteiger partial charge in [-0.25, -0.2) is 9.37 Å². The van der Waals surface area contributed by atoms with Crippen molar-refractivity contribution in [1.29, 1.82) is 0 Å². The molecule has 32 heavy (non-hydrogen) atoms. The van der Waals surface area contributed by atoms with Crippen molar-refractivity contribution in [3.8, 4) is 0 Å². The summed E-state index contributed by atoms with van der Waals surface area (Å²) in [7, 11) is 0. The predicted octanol–water partition coefficient (Wildman–Crippen LogP) is 3.72. The molecule has 1 aliphatic heterocycles. The molecule has 1 saturated heterocycles. The predicted molar refractivity (Wildman–Crippen MR) is 119 cm³/mol. The maximum atomic E-state index is 13.1. The first-order chi connectivity index (χ1) is 15.6. The molecular weight excluding hydrogens is 407 g/mol. The van der Waals surface area contributed by atoms with Gasteiger partial charge in [-0.1, -0.05) is 24.3 Å². The lowest BCUT2D eigenvalue weighted by molar-refractivity contribution is -0.141. The van der Waals surface area contributed by atoms with Crippen molar-refractivity contribution in [2.75, 3.05) is 13.1 Å². The van der Waals surface area contributed by atoms with E-state index in [0.29, 0.717) is 38.0 Å². The molecule has 7 heteroatoms. The van der Waals surface area contributed by atoms with Crippen molar-refractivity contribution in [2.45, 2.75) is 44.3 Å². The maximum Gasteiger partial charge on any atom is 0.251 e. The number of carbonyl (C=O) groups excluding carboxylic acids is 2. The minimum atomic E-state index is -0.807. The monoisotopic (exact) mass is 434 g/mol. The highest BCUT2D eigenvalue weighted by Crippen LogP contribution is 2.34. The molecule has 0 atom stereocenters. The number of halogens is 1. The quantitative estimate of drug-likeness (QED) is 0.666. The average molecular weight is 435 g/mol. The third kappa shape index (κ3) is 3.99. The van der Waals surface area contributed by atoms with Crippen LogP contribution in [0, 0.1) is 5.92 Å². The Morgan fingerprint density at radius 3 is 2.47 bits per heavy atom. The number of hydrogen-bond acceptors (Lipinski definition) is 3. The number of nitrogens with zero attached hydrogens (tertiary/aromatic N) is 3. The second-order valence-corrected chi connectivity index (χ2v) is 8.79. The number of likely N-dealkylation sites (tertiary alicyclic amines) is 1. The lowest BCUT2D eigenvalue weighted by Gasteiger charge is -2.37. The molecule has 0 spiro atoms. The van der Waals surface area contributed by atoms with Crippen LogP contribution in [0.3, 0.4) is 0 Å². The molecule has 3 heterocycles. The van der Waals surface area contributed by atoms with E-state index in [1.807, 2.05) is 47.5 Å². The Hall–Kier alpha value is -3.22. The molecule has 1 N–H and O–H groups in total. The topological polar surface area (TPSA) is 66.7 Å². The van der Waals surface area contributed by atoms with Gasteiger partial charge < -0.3 is 14.6 Å². The third-order valence-corrected chi connectivity index (χ3v) is 6.71. The molecule has 1 aromatic carbocycles. The van der Waals surface area contributed by atoms with Crippen LogP contribution in [0.15, 0.2) is 54.7 Å². The normalized spacial score (nSPS) is 21.3. The lowest BCUT2D eigenvalue weighted by Crippen LogP contribution is -2.45. The van der Waals surface area contributed by atoms with E-state index in [0.717, 1.165) is 29.9 Å². The fraction of sp³-hybridized carbons (Fsp3) is 0.400. The number of piperidine rings is 1. The van der Waals surface area contributed by atoms with Crippen molar-refractivity contribution in [1.82, 2.24) is 19.6 Å². The number of aromatic nitrogens is 2. The number of carbonyl (C=O) groups is 2. The summed E-state index contributed by atoms with van der Waals surface area (Å²) in [6.45, 7) is 1.71. The maximum absolute atomic E-state index is 13.1. The van der Waals surface area contributed by atoms with Crippen LogP contribution in [0.2, 0.25) is 0 Å². The molecule has 0 bridgehead atoms. The van der Waals surface area contributed by atoms with Crippen LogP contribution in [0.5, 0.6) is 0 Å². The zero-order chi connectivity index (χ0) is 22.1. The fourth-order valence-electron chi connectivity index (χ4n) is 4.77. The van der Waals surface area contributed by atoms with Gasteiger partial charge in [-0.05, 0) is 49.9 Å². The highest BCUT2D eigenvalue weighted by atomic mass is 19.1. The molecule has 3 aromatic rings. The summed E-state index contributed by atoms with van der Waals surface area (Å²) in [5.74, 6) is 1.07. The first-order valence-electron chi connectivity index (χ1n) is 11.3. The minimum absolute atomic E-state index is 0.106. The number of amides is 2. The Bertz CT molecular complexity index is 1120. The van der Waals surface area contributed by atoms with Gasteiger partial charge in [0, 0.05) is 36.7 Å².